The van der Waals surface area contributed by atoms with Gasteiger partial charge >= 0.3 is 6.09 Å². The van der Waals surface area contributed by atoms with Crippen LogP contribution in [0.4, 0.5) is 10.5 Å². The number of carbonyl (C=O) groups is 2. The molecule has 2 aromatic rings. The quantitative estimate of drug-likeness (QED) is 0.749. The van der Waals surface area contributed by atoms with Crippen LogP contribution in [0.5, 0.6) is 5.75 Å². The van der Waals surface area contributed by atoms with Crippen molar-refractivity contribution in [2.75, 3.05) is 18.5 Å². The molecule has 0 radical (unpaired) electrons. The molecular formula is C21H26N2O4. The molecule has 2 aromatic carbocycles. The van der Waals surface area contributed by atoms with Crippen molar-refractivity contribution in [3.05, 3.63) is 59.7 Å². The maximum atomic E-state index is 12.2. The summed E-state index contributed by atoms with van der Waals surface area (Å²) >= 11 is 0. The average molecular weight is 370 g/mol. The van der Waals surface area contributed by atoms with Crippen molar-refractivity contribution >= 4 is 17.7 Å². The van der Waals surface area contributed by atoms with Crippen molar-refractivity contribution in [1.29, 1.82) is 0 Å². The van der Waals surface area contributed by atoms with Crippen LogP contribution in [0.2, 0.25) is 0 Å². The highest BCUT2D eigenvalue weighted by molar-refractivity contribution is 5.95. The van der Waals surface area contributed by atoms with Crippen LogP contribution in [0.25, 0.3) is 0 Å². The van der Waals surface area contributed by atoms with E-state index in [9.17, 15) is 9.59 Å². The van der Waals surface area contributed by atoms with Crippen molar-refractivity contribution in [1.82, 2.24) is 5.32 Å². The van der Waals surface area contributed by atoms with Crippen LogP contribution in [0.3, 0.4) is 0 Å². The summed E-state index contributed by atoms with van der Waals surface area (Å²) in [7, 11) is 0. The summed E-state index contributed by atoms with van der Waals surface area (Å²) in [5.74, 6) is 0.577. The molecule has 6 nitrogen and oxygen atoms in total. The summed E-state index contributed by atoms with van der Waals surface area (Å²) < 4.78 is 10.8. The number of amides is 2. The largest absolute Gasteiger partial charge is 0.492 e. The smallest absolute Gasteiger partial charge is 0.412 e. The number of benzene rings is 2. The second kappa shape index (κ2) is 9.07. The van der Waals surface area contributed by atoms with E-state index >= 15 is 0 Å². The van der Waals surface area contributed by atoms with Crippen molar-refractivity contribution in [2.24, 2.45) is 0 Å². The summed E-state index contributed by atoms with van der Waals surface area (Å²) in [6, 6.07) is 14.3. The summed E-state index contributed by atoms with van der Waals surface area (Å²) in [6.45, 7) is 8.15. The fourth-order valence-electron chi connectivity index (χ4n) is 2.27. The first-order valence-electron chi connectivity index (χ1n) is 8.81. The molecule has 2 amide bonds. The lowest BCUT2D eigenvalue weighted by Gasteiger charge is -2.19. The number of carbonyl (C=O) groups excluding carboxylic acids is 2. The monoisotopic (exact) mass is 370 g/mol. The topological polar surface area (TPSA) is 76.7 Å². The Bertz CT molecular complexity index is 780. The van der Waals surface area contributed by atoms with E-state index in [4.69, 9.17) is 9.47 Å². The van der Waals surface area contributed by atoms with E-state index in [0.717, 1.165) is 11.3 Å². The minimum absolute atomic E-state index is 0.202. The van der Waals surface area contributed by atoms with Gasteiger partial charge in [-0.3, -0.25) is 10.1 Å². The molecule has 144 valence electrons. The Kier molecular flexibility index (Phi) is 6.82. The third-order valence-corrected chi connectivity index (χ3v) is 3.44. The summed E-state index contributed by atoms with van der Waals surface area (Å²) in [6.07, 6.45) is -0.534. The first-order chi connectivity index (χ1) is 12.7. The fraction of sp³-hybridized carbons (Fsp3) is 0.333. The molecule has 0 saturated heterocycles. The highest BCUT2D eigenvalue weighted by atomic mass is 16.6. The van der Waals surface area contributed by atoms with Gasteiger partial charge in [0.1, 0.15) is 18.0 Å². The number of rotatable bonds is 6. The zero-order valence-electron chi connectivity index (χ0n) is 16.2. The molecule has 0 saturated carbocycles. The second-order valence-electron chi connectivity index (χ2n) is 7.13. The minimum atomic E-state index is -0.565. The van der Waals surface area contributed by atoms with Crippen LogP contribution >= 0.6 is 0 Å². The SMILES string of the molecule is Cc1cccc(OCCNC(=O)c2ccc(NC(=O)OC(C)(C)C)cc2)c1. The molecule has 0 aliphatic carbocycles. The van der Waals surface area contributed by atoms with Crippen LogP contribution in [-0.2, 0) is 4.74 Å². The van der Waals surface area contributed by atoms with E-state index < -0.39 is 11.7 Å². The van der Waals surface area contributed by atoms with Gasteiger partial charge in [0.2, 0.25) is 0 Å². The van der Waals surface area contributed by atoms with Gasteiger partial charge in [0.25, 0.3) is 5.91 Å². The lowest BCUT2D eigenvalue weighted by molar-refractivity contribution is 0.0635. The molecule has 0 atom stereocenters. The maximum absolute atomic E-state index is 12.2. The molecule has 0 fully saturated rings. The van der Waals surface area contributed by atoms with E-state index in [-0.39, 0.29) is 5.91 Å². The first kappa shape index (κ1) is 20.3. The molecule has 27 heavy (non-hydrogen) atoms. The van der Waals surface area contributed by atoms with E-state index in [1.807, 2.05) is 31.2 Å². The number of anilines is 1. The van der Waals surface area contributed by atoms with E-state index in [1.54, 1.807) is 45.0 Å². The standard InChI is InChI=1S/C21H26N2O4/c1-15-6-5-7-18(14-15)26-13-12-22-19(24)16-8-10-17(11-9-16)23-20(25)27-21(2,3)4/h5-11,14H,12-13H2,1-4H3,(H,22,24)(H,23,25). The van der Waals surface area contributed by atoms with Gasteiger partial charge in [-0.25, -0.2) is 4.79 Å². The molecule has 0 unspecified atom stereocenters. The third kappa shape index (κ3) is 7.40. The lowest BCUT2D eigenvalue weighted by Crippen LogP contribution is -2.28. The molecule has 0 bridgehead atoms. The Hall–Kier alpha value is -3.02. The summed E-state index contributed by atoms with van der Waals surface area (Å²) in [4.78, 5) is 23.9. The molecule has 0 spiro atoms. The van der Waals surface area contributed by atoms with E-state index in [1.165, 1.54) is 0 Å². The van der Waals surface area contributed by atoms with Crippen LogP contribution in [0, 0.1) is 6.92 Å². The highest BCUT2D eigenvalue weighted by Gasteiger charge is 2.16. The van der Waals surface area contributed by atoms with Crippen molar-refractivity contribution in [3.8, 4) is 5.75 Å². The van der Waals surface area contributed by atoms with Crippen molar-refractivity contribution in [2.45, 2.75) is 33.3 Å². The molecule has 0 aliphatic rings. The normalized spacial score (nSPS) is 10.8. The summed E-state index contributed by atoms with van der Waals surface area (Å²) in [5.41, 5.74) is 1.62. The zero-order chi connectivity index (χ0) is 19.9. The predicted octanol–water partition coefficient (Wildman–Crippen LogP) is 4.15. The van der Waals surface area contributed by atoms with Gasteiger partial charge in [-0.15, -0.1) is 0 Å². The molecular weight excluding hydrogens is 344 g/mol. The van der Waals surface area contributed by atoms with Gasteiger partial charge in [0.15, 0.2) is 0 Å². The Morgan fingerprint density at radius 1 is 1.04 bits per heavy atom. The Labute approximate surface area is 159 Å². The minimum Gasteiger partial charge on any atom is -0.492 e. The molecule has 2 rings (SSSR count). The van der Waals surface area contributed by atoms with Gasteiger partial charge in [0.05, 0.1) is 6.54 Å². The van der Waals surface area contributed by atoms with Gasteiger partial charge < -0.3 is 14.8 Å². The maximum Gasteiger partial charge on any atom is 0.412 e. The van der Waals surface area contributed by atoms with Crippen LogP contribution in [0.1, 0.15) is 36.7 Å². The number of hydrogen-bond acceptors (Lipinski definition) is 4. The van der Waals surface area contributed by atoms with Gasteiger partial charge in [0, 0.05) is 11.3 Å². The van der Waals surface area contributed by atoms with Crippen LogP contribution in [0.15, 0.2) is 48.5 Å². The Balaban J connectivity index is 1.77. The van der Waals surface area contributed by atoms with Crippen LogP contribution < -0.4 is 15.4 Å². The van der Waals surface area contributed by atoms with Crippen molar-refractivity contribution < 1.29 is 19.1 Å². The van der Waals surface area contributed by atoms with Crippen LogP contribution in [-0.4, -0.2) is 30.8 Å². The molecule has 0 aliphatic heterocycles. The zero-order valence-corrected chi connectivity index (χ0v) is 16.2. The number of hydrogen-bond donors (Lipinski definition) is 2. The number of nitrogens with one attached hydrogen (secondary N) is 2. The summed E-state index contributed by atoms with van der Waals surface area (Å²) in [5, 5.41) is 5.43. The molecule has 0 heterocycles. The van der Waals surface area contributed by atoms with E-state index in [0.29, 0.717) is 24.4 Å². The molecule has 6 heteroatoms. The fourth-order valence-corrected chi connectivity index (χ4v) is 2.27. The number of aryl methyl sites for hydroxylation is 1. The van der Waals surface area contributed by atoms with Gasteiger partial charge in [-0.05, 0) is 69.7 Å². The Morgan fingerprint density at radius 3 is 2.37 bits per heavy atom. The van der Waals surface area contributed by atoms with E-state index in [2.05, 4.69) is 10.6 Å². The first-order valence-corrected chi connectivity index (χ1v) is 8.81. The van der Waals surface area contributed by atoms with Gasteiger partial charge in [-0.2, -0.15) is 0 Å². The Morgan fingerprint density at radius 2 is 1.74 bits per heavy atom. The predicted molar refractivity (Wildman–Crippen MR) is 105 cm³/mol. The molecule has 0 aromatic heterocycles. The van der Waals surface area contributed by atoms with Gasteiger partial charge in [-0.1, -0.05) is 12.1 Å². The average Bonchev–Trinajstić information content (AvgIpc) is 2.57. The second-order valence-corrected chi connectivity index (χ2v) is 7.13. The van der Waals surface area contributed by atoms with Crippen molar-refractivity contribution in [3.63, 3.8) is 0 Å². The highest BCUT2D eigenvalue weighted by Crippen LogP contribution is 2.13. The third-order valence-electron chi connectivity index (χ3n) is 3.44. The lowest BCUT2D eigenvalue weighted by atomic mass is 10.2. The number of ether oxygens (including phenoxy) is 2. The molecule has 2 N–H and O–H groups in total.